The van der Waals surface area contributed by atoms with Crippen molar-refractivity contribution in [2.45, 2.75) is 25.8 Å². The maximum Gasteiger partial charge on any atom is 0.246 e. The summed E-state index contributed by atoms with van der Waals surface area (Å²) in [5, 5.41) is 0. The average Bonchev–Trinajstić information content (AvgIpc) is 3.28. The van der Waals surface area contributed by atoms with Crippen molar-refractivity contribution in [1.29, 1.82) is 0 Å². The lowest BCUT2D eigenvalue weighted by Gasteiger charge is -2.25. The van der Waals surface area contributed by atoms with E-state index in [1.807, 2.05) is 42.2 Å². The number of imidazole rings is 1. The van der Waals surface area contributed by atoms with Gasteiger partial charge in [0.15, 0.2) is 0 Å². The van der Waals surface area contributed by atoms with Gasteiger partial charge >= 0.3 is 0 Å². The zero-order valence-electron chi connectivity index (χ0n) is 15.2. The van der Waals surface area contributed by atoms with Crippen molar-refractivity contribution in [3.05, 3.63) is 54.5 Å². The van der Waals surface area contributed by atoms with E-state index < -0.39 is 0 Å². The van der Waals surface area contributed by atoms with E-state index in [4.69, 9.17) is 4.98 Å². The fourth-order valence-corrected chi connectivity index (χ4v) is 3.40. The second-order valence-corrected chi connectivity index (χ2v) is 6.61. The van der Waals surface area contributed by atoms with Gasteiger partial charge in [0.1, 0.15) is 5.82 Å². The van der Waals surface area contributed by atoms with Crippen LogP contribution in [0.2, 0.25) is 0 Å². The Morgan fingerprint density at radius 3 is 2.81 bits per heavy atom. The maximum absolute atomic E-state index is 12.7. The van der Waals surface area contributed by atoms with Gasteiger partial charge in [0, 0.05) is 24.8 Å². The second-order valence-electron chi connectivity index (χ2n) is 6.61. The Labute approximate surface area is 153 Å². The predicted octanol–water partition coefficient (Wildman–Crippen LogP) is 2.69. The molecule has 1 aromatic heterocycles. The van der Waals surface area contributed by atoms with Gasteiger partial charge in [0.2, 0.25) is 11.8 Å². The van der Waals surface area contributed by atoms with Crippen LogP contribution < -0.4 is 0 Å². The van der Waals surface area contributed by atoms with Crippen LogP contribution in [-0.2, 0) is 9.59 Å². The van der Waals surface area contributed by atoms with E-state index in [1.54, 1.807) is 7.05 Å². The predicted molar refractivity (Wildman–Crippen MR) is 100 cm³/mol. The summed E-state index contributed by atoms with van der Waals surface area (Å²) in [5.41, 5.74) is 2.96. The third-order valence-electron chi connectivity index (χ3n) is 4.76. The molecule has 6 heteroatoms. The Morgan fingerprint density at radius 2 is 2.12 bits per heavy atom. The Morgan fingerprint density at radius 1 is 1.38 bits per heavy atom. The van der Waals surface area contributed by atoms with E-state index >= 15 is 0 Å². The number of hydrogen-bond acceptors (Lipinski definition) is 3. The minimum Gasteiger partial charge on any atom is -0.344 e. The number of nitrogens with one attached hydrogen (secondary N) is 1. The number of likely N-dealkylation sites (tertiary alicyclic amines) is 1. The van der Waals surface area contributed by atoms with E-state index in [9.17, 15) is 9.59 Å². The van der Waals surface area contributed by atoms with Gasteiger partial charge in [0.05, 0.1) is 18.3 Å². The quantitative estimate of drug-likeness (QED) is 0.841. The number of aromatic nitrogens is 2. The molecule has 1 aliphatic heterocycles. The van der Waals surface area contributed by atoms with Crippen molar-refractivity contribution in [2.75, 3.05) is 20.1 Å². The van der Waals surface area contributed by atoms with Crippen molar-refractivity contribution in [1.82, 2.24) is 19.8 Å². The zero-order chi connectivity index (χ0) is 18.7. The second kappa shape index (κ2) is 7.56. The Hall–Kier alpha value is -2.89. The molecule has 1 aliphatic rings. The highest BCUT2D eigenvalue weighted by Crippen LogP contribution is 2.32. The van der Waals surface area contributed by atoms with Gasteiger partial charge in [-0.1, -0.05) is 36.9 Å². The number of aryl methyl sites for hydroxylation is 1. The van der Waals surface area contributed by atoms with Crippen LogP contribution in [0.3, 0.4) is 0 Å². The van der Waals surface area contributed by atoms with Gasteiger partial charge < -0.3 is 14.8 Å². The van der Waals surface area contributed by atoms with Crippen LogP contribution in [0.1, 0.15) is 30.4 Å². The number of aromatic amines is 1. The first-order valence-electron chi connectivity index (χ1n) is 8.80. The van der Waals surface area contributed by atoms with Gasteiger partial charge in [-0.2, -0.15) is 0 Å². The number of benzene rings is 1. The lowest BCUT2D eigenvalue weighted by Crippen LogP contribution is -2.40. The highest BCUT2D eigenvalue weighted by molar-refractivity contribution is 5.90. The van der Waals surface area contributed by atoms with Crippen molar-refractivity contribution in [3.63, 3.8) is 0 Å². The molecule has 0 saturated carbocycles. The molecule has 2 aromatic rings. The maximum atomic E-state index is 12.7. The minimum absolute atomic E-state index is 0.0482. The monoisotopic (exact) mass is 352 g/mol. The number of amides is 2. The van der Waals surface area contributed by atoms with E-state index in [1.165, 1.54) is 11.0 Å². The first kappa shape index (κ1) is 17.9. The molecule has 0 radical (unpaired) electrons. The highest BCUT2D eigenvalue weighted by atomic mass is 16.2. The summed E-state index contributed by atoms with van der Waals surface area (Å²) in [6, 6.07) is 9.93. The topological polar surface area (TPSA) is 69.3 Å². The van der Waals surface area contributed by atoms with Crippen molar-refractivity contribution < 1.29 is 9.59 Å². The first-order chi connectivity index (χ1) is 12.5. The summed E-state index contributed by atoms with van der Waals surface area (Å²) in [6.07, 6.45) is 3.01. The molecular formula is C20H24N4O2. The Kier molecular flexibility index (Phi) is 5.21. The molecule has 1 atom stereocenters. The number of hydrogen-bond donors (Lipinski definition) is 1. The van der Waals surface area contributed by atoms with Crippen LogP contribution in [0, 0.1) is 6.92 Å². The molecule has 2 heterocycles. The van der Waals surface area contributed by atoms with Crippen molar-refractivity contribution in [2.24, 2.45) is 0 Å². The van der Waals surface area contributed by atoms with Crippen LogP contribution >= 0.6 is 0 Å². The summed E-state index contributed by atoms with van der Waals surface area (Å²) in [6.45, 7) is 6.18. The Bertz CT molecular complexity index is 812. The van der Waals surface area contributed by atoms with Crippen molar-refractivity contribution >= 4 is 11.8 Å². The molecule has 0 spiro atoms. The normalized spacial score (nSPS) is 16.5. The van der Waals surface area contributed by atoms with Crippen LogP contribution in [-0.4, -0.2) is 51.7 Å². The molecule has 136 valence electrons. The van der Waals surface area contributed by atoms with E-state index in [2.05, 4.69) is 11.6 Å². The molecule has 1 unspecified atom stereocenters. The summed E-state index contributed by atoms with van der Waals surface area (Å²) in [7, 11) is 1.61. The molecular weight excluding hydrogens is 328 g/mol. The van der Waals surface area contributed by atoms with Crippen LogP contribution in [0.5, 0.6) is 0 Å². The first-order valence-corrected chi connectivity index (χ1v) is 8.80. The molecule has 2 amide bonds. The standard InChI is InChI=1S/C20H24N4O2/c1-4-17(25)23(3)13-18(26)24-12-8-11-16(24)20-21-14(2)19(22-20)15-9-6-5-7-10-15/h4-7,9-10,16H,1,8,11-13H2,2-3H3,(H,21,22). The summed E-state index contributed by atoms with van der Waals surface area (Å²) in [5.74, 6) is 0.486. The minimum atomic E-state index is -0.255. The van der Waals surface area contributed by atoms with Gasteiger partial charge in [-0.05, 0) is 25.8 Å². The lowest BCUT2D eigenvalue weighted by molar-refractivity contribution is -0.138. The zero-order valence-corrected chi connectivity index (χ0v) is 15.2. The molecule has 3 rings (SSSR count). The lowest BCUT2D eigenvalue weighted by atomic mass is 10.1. The van der Waals surface area contributed by atoms with Crippen molar-refractivity contribution in [3.8, 4) is 11.3 Å². The van der Waals surface area contributed by atoms with Gasteiger partial charge in [-0.25, -0.2) is 4.98 Å². The molecule has 26 heavy (non-hydrogen) atoms. The van der Waals surface area contributed by atoms with E-state index in [-0.39, 0.29) is 24.4 Å². The number of carbonyl (C=O) groups is 2. The summed E-state index contributed by atoms with van der Waals surface area (Å²) >= 11 is 0. The van der Waals surface area contributed by atoms with Gasteiger partial charge in [0.25, 0.3) is 0 Å². The molecule has 1 fully saturated rings. The number of carbonyl (C=O) groups excluding carboxylic acids is 2. The SMILES string of the molecule is C=CC(=O)N(C)CC(=O)N1CCCC1c1nc(-c2ccccc2)c(C)[nH]1. The Balaban J connectivity index is 1.79. The summed E-state index contributed by atoms with van der Waals surface area (Å²) in [4.78, 5) is 35.7. The molecule has 1 aromatic carbocycles. The number of likely N-dealkylation sites (N-methyl/N-ethyl adjacent to an activating group) is 1. The van der Waals surface area contributed by atoms with Crippen LogP contribution in [0.15, 0.2) is 43.0 Å². The van der Waals surface area contributed by atoms with E-state index in [0.29, 0.717) is 6.54 Å². The molecule has 0 bridgehead atoms. The number of nitrogens with zero attached hydrogens (tertiary/aromatic N) is 3. The smallest absolute Gasteiger partial charge is 0.246 e. The number of rotatable bonds is 5. The largest absolute Gasteiger partial charge is 0.344 e. The molecule has 1 N–H and O–H groups in total. The molecule has 0 aliphatic carbocycles. The van der Waals surface area contributed by atoms with Gasteiger partial charge in [-0.15, -0.1) is 0 Å². The van der Waals surface area contributed by atoms with Crippen LogP contribution in [0.25, 0.3) is 11.3 Å². The summed E-state index contributed by atoms with van der Waals surface area (Å²) < 4.78 is 0. The fourth-order valence-electron chi connectivity index (χ4n) is 3.40. The molecule has 6 nitrogen and oxygen atoms in total. The third kappa shape index (κ3) is 3.54. The van der Waals surface area contributed by atoms with Gasteiger partial charge in [-0.3, -0.25) is 9.59 Å². The van der Waals surface area contributed by atoms with Crippen LogP contribution in [0.4, 0.5) is 0 Å². The number of H-pyrrole nitrogens is 1. The third-order valence-corrected chi connectivity index (χ3v) is 4.76. The highest BCUT2D eigenvalue weighted by Gasteiger charge is 2.33. The fraction of sp³-hybridized carbons (Fsp3) is 0.350. The molecule has 1 saturated heterocycles. The average molecular weight is 352 g/mol. The van der Waals surface area contributed by atoms with E-state index in [0.717, 1.165) is 35.6 Å².